The molecule has 0 saturated heterocycles. The lowest BCUT2D eigenvalue weighted by atomic mass is 10.0. The minimum atomic E-state index is 0.207. The van der Waals surface area contributed by atoms with Gasteiger partial charge in [-0.3, -0.25) is 0 Å². The van der Waals surface area contributed by atoms with Gasteiger partial charge in [-0.25, -0.2) is 0 Å². The van der Waals surface area contributed by atoms with Gasteiger partial charge >= 0.3 is 0 Å². The molecule has 0 radical (unpaired) electrons. The van der Waals surface area contributed by atoms with Crippen molar-refractivity contribution in [1.82, 2.24) is 0 Å². The average molecular weight is 213 g/mol. The second-order valence-corrected chi connectivity index (χ2v) is 3.99. The molecule has 0 aromatic rings. The van der Waals surface area contributed by atoms with Gasteiger partial charge in [0.15, 0.2) is 0 Å². The van der Waals surface area contributed by atoms with Crippen LogP contribution in [0.3, 0.4) is 0 Å². The van der Waals surface area contributed by atoms with Crippen molar-refractivity contribution < 1.29 is 4.74 Å². The van der Waals surface area contributed by atoms with Gasteiger partial charge in [-0.15, -0.1) is 6.58 Å². The first-order chi connectivity index (χ1) is 7.26. The Morgan fingerprint density at radius 2 is 2.00 bits per heavy atom. The summed E-state index contributed by atoms with van der Waals surface area (Å²) in [6.07, 6.45) is 9.14. The monoisotopic (exact) mass is 213 g/mol. The van der Waals surface area contributed by atoms with E-state index in [0.29, 0.717) is 0 Å². The number of unbranched alkanes of at least 4 members (excludes halogenated alkanes) is 3. The van der Waals surface area contributed by atoms with E-state index in [1.165, 1.54) is 19.3 Å². The fraction of sp³-hybridized carbons (Fsp3) is 0.846. The number of rotatable bonds is 10. The standard InChI is InChI=1S/C13H27NO/c1-4-7-8-9-10-11-12(14)13(5-2)15-6-3/h4,12-13H,1,5-11,14H2,2-3H3. The largest absolute Gasteiger partial charge is 0.377 e. The van der Waals surface area contributed by atoms with Crippen LogP contribution in [0.1, 0.15) is 52.4 Å². The summed E-state index contributed by atoms with van der Waals surface area (Å²) in [6.45, 7) is 8.65. The number of hydrogen-bond donors (Lipinski definition) is 1. The first-order valence-corrected chi connectivity index (χ1v) is 6.24. The summed E-state index contributed by atoms with van der Waals surface area (Å²) < 4.78 is 5.59. The highest BCUT2D eigenvalue weighted by Gasteiger charge is 2.14. The predicted octanol–water partition coefficient (Wildman–Crippen LogP) is 3.27. The molecule has 0 saturated carbocycles. The maximum Gasteiger partial charge on any atom is 0.0723 e. The molecule has 0 rings (SSSR count). The molecule has 0 fully saturated rings. The number of nitrogens with two attached hydrogens (primary N) is 1. The van der Waals surface area contributed by atoms with Crippen molar-refractivity contribution in [2.45, 2.75) is 64.5 Å². The normalized spacial score (nSPS) is 14.9. The van der Waals surface area contributed by atoms with Crippen LogP contribution in [-0.4, -0.2) is 18.8 Å². The fourth-order valence-corrected chi connectivity index (χ4v) is 1.79. The quantitative estimate of drug-likeness (QED) is 0.446. The Morgan fingerprint density at radius 3 is 2.53 bits per heavy atom. The lowest BCUT2D eigenvalue weighted by molar-refractivity contribution is 0.0391. The third-order valence-electron chi connectivity index (χ3n) is 2.71. The van der Waals surface area contributed by atoms with E-state index in [-0.39, 0.29) is 12.1 Å². The van der Waals surface area contributed by atoms with Gasteiger partial charge in [0.2, 0.25) is 0 Å². The first kappa shape index (κ1) is 14.7. The Balaban J connectivity index is 3.51. The van der Waals surface area contributed by atoms with Crippen LogP contribution in [0.4, 0.5) is 0 Å². The van der Waals surface area contributed by atoms with E-state index in [0.717, 1.165) is 25.9 Å². The summed E-state index contributed by atoms with van der Waals surface area (Å²) in [5, 5.41) is 0. The van der Waals surface area contributed by atoms with Gasteiger partial charge in [0, 0.05) is 12.6 Å². The molecule has 0 aliphatic heterocycles. The Hall–Kier alpha value is -0.340. The first-order valence-electron chi connectivity index (χ1n) is 6.24. The minimum Gasteiger partial charge on any atom is -0.377 e. The van der Waals surface area contributed by atoms with E-state index >= 15 is 0 Å². The van der Waals surface area contributed by atoms with Crippen LogP contribution in [-0.2, 0) is 4.74 Å². The Labute approximate surface area is 94.9 Å². The Morgan fingerprint density at radius 1 is 1.27 bits per heavy atom. The van der Waals surface area contributed by atoms with Crippen molar-refractivity contribution in [3.8, 4) is 0 Å². The summed E-state index contributed by atoms with van der Waals surface area (Å²) in [4.78, 5) is 0. The Bertz CT molecular complexity index is 147. The maximum atomic E-state index is 6.08. The molecule has 2 atom stereocenters. The van der Waals surface area contributed by atoms with Crippen molar-refractivity contribution >= 4 is 0 Å². The molecule has 0 aliphatic carbocycles. The van der Waals surface area contributed by atoms with Crippen LogP contribution < -0.4 is 5.73 Å². The van der Waals surface area contributed by atoms with Crippen LogP contribution in [0.15, 0.2) is 12.7 Å². The zero-order chi connectivity index (χ0) is 11.5. The Kier molecular flexibility index (Phi) is 9.96. The summed E-state index contributed by atoms with van der Waals surface area (Å²) in [5.41, 5.74) is 6.08. The maximum absolute atomic E-state index is 6.08. The van der Waals surface area contributed by atoms with Crippen LogP contribution in [0, 0.1) is 0 Å². The smallest absolute Gasteiger partial charge is 0.0723 e. The lowest BCUT2D eigenvalue weighted by Gasteiger charge is -2.22. The summed E-state index contributed by atoms with van der Waals surface area (Å²) in [5.74, 6) is 0. The molecule has 0 bridgehead atoms. The molecule has 2 unspecified atom stereocenters. The van der Waals surface area contributed by atoms with Crippen LogP contribution in [0.2, 0.25) is 0 Å². The molecule has 2 N–H and O–H groups in total. The fourth-order valence-electron chi connectivity index (χ4n) is 1.79. The van der Waals surface area contributed by atoms with Gasteiger partial charge in [-0.2, -0.15) is 0 Å². The van der Waals surface area contributed by atoms with E-state index < -0.39 is 0 Å². The highest BCUT2D eigenvalue weighted by Crippen LogP contribution is 2.11. The molecule has 0 aromatic heterocycles. The third-order valence-corrected chi connectivity index (χ3v) is 2.71. The van der Waals surface area contributed by atoms with Gasteiger partial charge in [-0.1, -0.05) is 25.8 Å². The van der Waals surface area contributed by atoms with Crippen LogP contribution in [0.25, 0.3) is 0 Å². The van der Waals surface area contributed by atoms with Crippen molar-refractivity contribution in [3.63, 3.8) is 0 Å². The summed E-state index contributed by atoms with van der Waals surface area (Å²) in [6, 6.07) is 0.207. The van der Waals surface area contributed by atoms with E-state index in [2.05, 4.69) is 13.5 Å². The summed E-state index contributed by atoms with van der Waals surface area (Å²) >= 11 is 0. The number of ether oxygens (including phenoxy) is 1. The van der Waals surface area contributed by atoms with Crippen molar-refractivity contribution in [1.29, 1.82) is 0 Å². The minimum absolute atomic E-state index is 0.207. The van der Waals surface area contributed by atoms with Crippen LogP contribution >= 0.6 is 0 Å². The topological polar surface area (TPSA) is 35.2 Å². The van der Waals surface area contributed by atoms with E-state index in [4.69, 9.17) is 10.5 Å². The molecular formula is C13H27NO. The second kappa shape index (κ2) is 10.2. The molecule has 2 nitrogen and oxygen atoms in total. The molecule has 0 spiro atoms. The zero-order valence-corrected chi connectivity index (χ0v) is 10.4. The number of allylic oxidation sites excluding steroid dienone is 1. The molecular weight excluding hydrogens is 186 g/mol. The number of hydrogen-bond acceptors (Lipinski definition) is 2. The second-order valence-electron chi connectivity index (χ2n) is 3.99. The van der Waals surface area contributed by atoms with Gasteiger partial charge in [0.1, 0.15) is 0 Å². The molecule has 0 amide bonds. The predicted molar refractivity (Wildman–Crippen MR) is 67.0 cm³/mol. The van der Waals surface area contributed by atoms with Gasteiger partial charge < -0.3 is 10.5 Å². The van der Waals surface area contributed by atoms with Crippen LogP contribution in [0.5, 0.6) is 0 Å². The molecule has 0 aromatic carbocycles. The summed E-state index contributed by atoms with van der Waals surface area (Å²) in [7, 11) is 0. The average Bonchev–Trinajstić information content (AvgIpc) is 2.25. The van der Waals surface area contributed by atoms with E-state index in [1.807, 2.05) is 13.0 Å². The zero-order valence-electron chi connectivity index (χ0n) is 10.4. The molecule has 15 heavy (non-hydrogen) atoms. The highest BCUT2D eigenvalue weighted by molar-refractivity contribution is 4.72. The molecule has 0 heterocycles. The SMILES string of the molecule is C=CCCCCCC(N)C(CC)OCC. The van der Waals surface area contributed by atoms with Crippen molar-refractivity contribution in [2.75, 3.05) is 6.61 Å². The van der Waals surface area contributed by atoms with Gasteiger partial charge in [0.05, 0.1) is 6.10 Å². The molecule has 2 heteroatoms. The van der Waals surface area contributed by atoms with Gasteiger partial charge in [0.25, 0.3) is 0 Å². The van der Waals surface area contributed by atoms with Crippen molar-refractivity contribution in [2.24, 2.45) is 5.73 Å². The lowest BCUT2D eigenvalue weighted by Crippen LogP contribution is -2.36. The third kappa shape index (κ3) is 7.57. The van der Waals surface area contributed by atoms with E-state index in [1.54, 1.807) is 0 Å². The molecule has 0 aliphatic rings. The highest BCUT2D eigenvalue weighted by atomic mass is 16.5. The van der Waals surface area contributed by atoms with Gasteiger partial charge in [-0.05, 0) is 32.6 Å². The van der Waals surface area contributed by atoms with Crippen molar-refractivity contribution in [3.05, 3.63) is 12.7 Å². The van der Waals surface area contributed by atoms with E-state index in [9.17, 15) is 0 Å². The molecule has 90 valence electrons.